The van der Waals surface area contributed by atoms with Gasteiger partial charge in [0.25, 0.3) is 5.91 Å². The highest BCUT2D eigenvalue weighted by Gasteiger charge is 2.30. The van der Waals surface area contributed by atoms with E-state index in [0.717, 1.165) is 0 Å². The number of aliphatic hydroxyl groups excluding tert-OH is 3. The number of amides is 1. The number of carbonyl (C=O) groups is 1. The van der Waals surface area contributed by atoms with Crippen LogP contribution in [0.15, 0.2) is 18.2 Å². The van der Waals surface area contributed by atoms with Crippen LogP contribution in [-0.2, 0) is 0 Å². The fourth-order valence-electron chi connectivity index (χ4n) is 1.29. The van der Waals surface area contributed by atoms with Crippen molar-refractivity contribution in [3.63, 3.8) is 0 Å². The molecule has 1 rings (SSSR count). The van der Waals surface area contributed by atoms with E-state index in [1.54, 1.807) is 0 Å². The van der Waals surface area contributed by atoms with E-state index in [0.29, 0.717) is 5.69 Å². The lowest BCUT2D eigenvalue weighted by atomic mass is 10.0. The minimum absolute atomic E-state index is 0.108. The number of rotatable bonds is 5. The molecule has 0 aliphatic rings. The van der Waals surface area contributed by atoms with Crippen molar-refractivity contribution in [3.8, 4) is 0 Å². The number of benzene rings is 1. The SMILES string of the molecule is Nc1ccc(Cl)c(C(=O)NC(CO)(CO)CO)c1. The van der Waals surface area contributed by atoms with E-state index in [4.69, 9.17) is 32.7 Å². The Morgan fingerprint density at radius 2 is 1.83 bits per heavy atom. The van der Waals surface area contributed by atoms with Crippen LogP contribution in [0.4, 0.5) is 5.69 Å². The van der Waals surface area contributed by atoms with Crippen LogP contribution < -0.4 is 11.1 Å². The zero-order valence-electron chi connectivity index (χ0n) is 9.56. The van der Waals surface area contributed by atoms with E-state index < -0.39 is 31.3 Å². The molecule has 0 heterocycles. The number of nitrogens with two attached hydrogens (primary N) is 1. The highest BCUT2D eigenvalue weighted by atomic mass is 35.5. The zero-order chi connectivity index (χ0) is 13.8. The standard InChI is InChI=1S/C11H15ClN2O4/c12-9-2-1-7(13)3-8(9)10(18)14-11(4-15,5-16)6-17/h1-3,15-17H,4-6,13H2,(H,14,18). The first-order valence-corrected chi connectivity index (χ1v) is 5.56. The third kappa shape index (κ3) is 3.11. The number of aliphatic hydroxyl groups is 3. The summed E-state index contributed by atoms with van der Waals surface area (Å²) < 4.78 is 0. The van der Waals surface area contributed by atoms with Crippen LogP contribution >= 0.6 is 11.6 Å². The molecule has 0 spiro atoms. The second-order valence-corrected chi connectivity index (χ2v) is 4.36. The molecule has 6 N–H and O–H groups in total. The lowest BCUT2D eigenvalue weighted by Gasteiger charge is -2.28. The Morgan fingerprint density at radius 3 is 2.33 bits per heavy atom. The van der Waals surface area contributed by atoms with Gasteiger partial charge >= 0.3 is 0 Å². The molecule has 0 fully saturated rings. The molecular formula is C11H15ClN2O4. The summed E-state index contributed by atoms with van der Waals surface area (Å²) in [6, 6.07) is 4.37. The molecule has 0 bridgehead atoms. The Labute approximate surface area is 109 Å². The number of hydrogen-bond acceptors (Lipinski definition) is 5. The van der Waals surface area contributed by atoms with Gasteiger partial charge in [0.05, 0.1) is 30.4 Å². The van der Waals surface area contributed by atoms with E-state index >= 15 is 0 Å². The molecule has 100 valence electrons. The molecule has 0 radical (unpaired) electrons. The Hall–Kier alpha value is -1.34. The molecule has 1 aromatic carbocycles. The summed E-state index contributed by atoms with van der Waals surface area (Å²) in [6.07, 6.45) is 0. The molecule has 0 aliphatic heterocycles. The van der Waals surface area contributed by atoms with E-state index in [1.807, 2.05) is 0 Å². The Bertz CT molecular complexity index is 427. The summed E-state index contributed by atoms with van der Waals surface area (Å²) in [7, 11) is 0. The maximum Gasteiger partial charge on any atom is 0.253 e. The van der Waals surface area contributed by atoms with E-state index in [9.17, 15) is 4.79 Å². The molecule has 0 aromatic heterocycles. The van der Waals surface area contributed by atoms with Crippen LogP contribution in [-0.4, -0.2) is 46.6 Å². The molecule has 0 unspecified atom stereocenters. The first-order chi connectivity index (χ1) is 8.48. The average Bonchev–Trinajstić information content (AvgIpc) is 2.38. The maximum atomic E-state index is 11.9. The van der Waals surface area contributed by atoms with Gasteiger partial charge in [0.15, 0.2) is 0 Å². The molecule has 1 amide bonds. The fraction of sp³-hybridized carbons (Fsp3) is 0.364. The van der Waals surface area contributed by atoms with Gasteiger partial charge in [-0.15, -0.1) is 0 Å². The number of hydrogen-bond donors (Lipinski definition) is 5. The van der Waals surface area contributed by atoms with Crippen LogP contribution in [0.1, 0.15) is 10.4 Å². The summed E-state index contributed by atoms with van der Waals surface area (Å²) in [5, 5.41) is 29.8. The van der Waals surface area contributed by atoms with Crippen LogP contribution in [0.2, 0.25) is 5.02 Å². The van der Waals surface area contributed by atoms with Gasteiger partial charge in [-0.05, 0) is 18.2 Å². The van der Waals surface area contributed by atoms with Crippen molar-refractivity contribution in [2.24, 2.45) is 0 Å². The third-order valence-corrected chi connectivity index (χ3v) is 2.85. The molecule has 0 saturated carbocycles. The topological polar surface area (TPSA) is 116 Å². The zero-order valence-corrected chi connectivity index (χ0v) is 10.3. The van der Waals surface area contributed by atoms with Crippen LogP contribution in [0, 0.1) is 0 Å². The fourth-order valence-corrected chi connectivity index (χ4v) is 1.50. The molecule has 0 atom stereocenters. The van der Waals surface area contributed by atoms with Crippen LogP contribution in [0.3, 0.4) is 0 Å². The predicted octanol–water partition coefficient (Wildman–Crippen LogP) is -0.632. The number of nitrogens with one attached hydrogen (secondary N) is 1. The van der Waals surface area contributed by atoms with Gasteiger partial charge in [-0.2, -0.15) is 0 Å². The molecule has 0 saturated heterocycles. The molecule has 6 nitrogen and oxygen atoms in total. The first-order valence-electron chi connectivity index (χ1n) is 5.18. The highest BCUT2D eigenvalue weighted by molar-refractivity contribution is 6.34. The third-order valence-electron chi connectivity index (χ3n) is 2.52. The number of nitrogen functional groups attached to an aromatic ring is 1. The van der Waals surface area contributed by atoms with E-state index in [-0.39, 0.29) is 10.6 Å². The normalized spacial score (nSPS) is 11.3. The van der Waals surface area contributed by atoms with Gasteiger partial charge in [-0.25, -0.2) is 0 Å². The average molecular weight is 275 g/mol. The molecule has 18 heavy (non-hydrogen) atoms. The summed E-state index contributed by atoms with van der Waals surface area (Å²) in [5.74, 6) is -0.635. The minimum Gasteiger partial charge on any atom is -0.399 e. The molecule has 1 aromatic rings. The van der Waals surface area contributed by atoms with Gasteiger partial charge in [0, 0.05) is 5.69 Å². The second-order valence-electron chi connectivity index (χ2n) is 3.95. The van der Waals surface area contributed by atoms with Gasteiger partial charge in [-0.1, -0.05) is 11.6 Å². The van der Waals surface area contributed by atoms with Gasteiger partial charge in [0.2, 0.25) is 0 Å². The molecular weight excluding hydrogens is 260 g/mol. The maximum absolute atomic E-state index is 11.9. The van der Waals surface area contributed by atoms with Crippen molar-refractivity contribution in [1.82, 2.24) is 5.32 Å². The Kier molecular flexibility index (Phi) is 4.92. The predicted molar refractivity (Wildman–Crippen MR) is 67.3 cm³/mol. The highest BCUT2D eigenvalue weighted by Crippen LogP contribution is 2.19. The lowest BCUT2D eigenvalue weighted by Crippen LogP contribution is -2.57. The number of halogens is 1. The van der Waals surface area contributed by atoms with Crippen LogP contribution in [0.25, 0.3) is 0 Å². The second kappa shape index (κ2) is 6.01. The molecule has 7 heteroatoms. The quantitative estimate of drug-likeness (QED) is 0.459. The monoisotopic (exact) mass is 274 g/mol. The van der Waals surface area contributed by atoms with Gasteiger partial charge in [-0.3, -0.25) is 4.79 Å². The lowest BCUT2D eigenvalue weighted by molar-refractivity contribution is 0.0375. The van der Waals surface area contributed by atoms with Crippen molar-refractivity contribution >= 4 is 23.2 Å². The van der Waals surface area contributed by atoms with Crippen LogP contribution in [0.5, 0.6) is 0 Å². The summed E-state index contributed by atoms with van der Waals surface area (Å²) >= 11 is 5.85. The first kappa shape index (κ1) is 14.7. The summed E-state index contributed by atoms with van der Waals surface area (Å²) in [5.41, 5.74) is 4.51. The van der Waals surface area contributed by atoms with Gasteiger partial charge < -0.3 is 26.4 Å². The van der Waals surface area contributed by atoms with E-state index in [2.05, 4.69) is 5.32 Å². The van der Waals surface area contributed by atoms with Crippen molar-refractivity contribution in [2.45, 2.75) is 5.54 Å². The Balaban J connectivity index is 2.97. The van der Waals surface area contributed by atoms with Gasteiger partial charge in [0.1, 0.15) is 5.54 Å². The minimum atomic E-state index is -1.50. The number of anilines is 1. The largest absolute Gasteiger partial charge is 0.399 e. The van der Waals surface area contributed by atoms with Crippen molar-refractivity contribution < 1.29 is 20.1 Å². The van der Waals surface area contributed by atoms with Crippen molar-refractivity contribution in [1.29, 1.82) is 0 Å². The van der Waals surface area contributed by atoms with E-state index in [1.165, 1.54) is 18.2 Å². The summed E-state index contributed by atoms with van der Waals surface area (Å²) in [6.45, 7) is -1.82. The molecule has 0 aliphatic carbocycles. The van der Waals surface area contributed by atoms with Crippen molar-refractivity contribution in [2.75, 3.05) is 25.6 Å². The summed E-state index contributed by atoms with van der Waals surface area (Å²) in [4.78, 5) is 11.9. The number of carbonyl (C=O) groups excluding carboxylic acids is 1. The smallest absolute Gasteiger partial charge is 0.253 e. The Morgan fingerprint density at radius 1 is 1.28 bits per heavy atom. The van der Waals surface area contributed by atoms with Crippen molar-refractivity contribution in [3.05, 3.63) is 28.8 Å².